The summed E-state index contributed by atoms with van der Waals surface area (Å²) in [5.41, 5.74) is 1.63. The summed E-state index contributed by atoms with van der Waals surface area (Å²) in [4.78, 5) is 24.8. The predicted octanol–water partition coefficient (Wildman–Crippen LogP) is 6.45. The van der Waals surface area contributed by atoms with E-state index in [9.17, 15) is 30.0 Å². The predicted molar refractivity (Wildman–Crippen MR) is 190 cm³/mol. The third-order valence-corrected chi connectivity index (χ3v) is 9.63. The molecule has 0 aromatic heterocycles. The number of carbonyl (C=O) groups is 2. The van der Waals surface area contributed by atoms with Crippen molar-refractivity contribution in [2.45, 2.75) is 105 Å². The summed E-state index contributed by atoms with van der Waals surface area (Å²) < 4.78 is 11.3. The van der Waals surface area contributed by atoms with Crippen LogP contribution in [0, 0.1) is 41.4 Å². The number of hydrogen-bond acceptors (Lipinski definition) is 8. The molecule has 13 atom stereocenters. The molecule has 0 saturated carbocycles. The molecule has 9 heteroatoms. The average Bonchev–Trinajstić information content (AvgIpc) is 3.05. The first-order chi connectivity index (χ1) is 22.6. The van der Waals surface area contributed by atoms with Crippen molar-refractivity contribution in [2.24, 2.45) is 41.4 Å². The van der Waals surface area contributed by atoms with Crippen LogP contribution in [-0.4, -0.2) is 69.1 Å². The summed E-state index contributed by atoms with van der Waals surface area (Å²) in [6.45, 7) is 18.7. The Labute approximate surface area is 287 Å². The van der Waals surface area contributed by atoms with Crippen molar-refractivity contribution in [2.75, 3.05) is 5.32 Å². The third-order valence-electron chi connectivity index (χ3n) is 9.63. The SMILES string of the molecule is C=C/C=C\[C@H](C)[C@H](OC(=O)Nc1ccccc1)[C@@H](C)[C@H](O)[C@@H](C)C/C(C)=C\[C@H](C)[C@@H](O)C(C)/C=C\[C@@H](O)CC1OC(=O)[C@H](C)[C@@H](O)[C@H]1C. The molecule has 268 valence electrons. The van der Waals surface area contributed by atoms with Gasteiger partial charge in [0.05, 0.1) is 30.3 Å². The minimum absolute atomic E-state index is 0.162. The van der Waals surface area contributed by atoms with Gasteiger partial charge in [-0.1, -0.05) is 108 Å². The van der Waals surface area contributed by atoms with Gasteiger partial charge in [0.15, 0.2) is 0 Å². The van der Waals surface area contributed by atoms with Gasteiger partial charge in [-0.15, -0.1) is 0 Å². The van der Waals surface area contributed by atoms with E-state index in [1.54, 1.807) is 50.3 Å². The first kappa shape index (κ1) is 40.9. The molecule has 0 bridgehead atoms. The molecule has 0 spiro atoms. The van der Waals surface area contributed by atoms with Gasteiger partial charge < -0.3 is 29.9 Å². The molecule has 2 unspecified atom stereocenters. The lowest BCUT2D eigenvalue weighted by Gasteiger charge is -2.36. The summed E-state index contributed by atoms with van der Waals surface area (Å²) >= 11 is 0. The molecule has 9 nitrogen and oxygen atoms in total. The minimum Gasteiger partial charge on any atom is -0.462 e. The van der Waals surface area contributed by atoms with E-state index in [0.29, 0.717) is 12.1 Å². The van der Waals surface area contributed by atoms with E-state index in [4.69, 9.17) is 9.47 Å². The zero-order valence-corrected chi connectivity index (χ0v) is 29.9. The number of esters is 1. The maximum Gasteiger partial charge on any atom is 0.411 e. The second-order valence-electron chi connectivity index (χ2n) is 13.9. The van der Waals surface area contributed by atoms with Crippen LogP contribution in [0.3, 0.4) is 0 Å². The molecule has 1 heterocycles. The topological polar surface area (TPSA) is 146 Å². The fourth-order valence-corrected chi connectivity index (χ4v) is 6.46. The van der Waals surface area contributed by atoms with Crippen LogP contribution < -0.4 is 5.32 Å². The minimum atomic E-state index is -0.899. The molecular formula is C39H59NO8. The van der Waals surface area contributed by atoms with Crippen LogP contribution in [-0.2, 0) is 14.3 Å². The van der Waals surface area contributed by atoms with E-state index < -0.39 is 54.6 Å². The zero-order valence-electron chi connectivity index (χ0n) is 29.9. The number of nitrogens with one attached hydrogen (secondary N) is 1. The van der Waals surface area contributed by atoms with Gasteiger partial charge >= 0.3 is 12.1 Å². The number of allylic oxidation sites excluding steroid dienone is 3. The molecule has 5 N–H and O–H groups in total. The van der Waals surface area contributed by atoms with Crippen LogP contribution in [0.1, 0.15) is 68.2 Å². The van der Waals surface area contributed by atoms with Gasteiger partial charge in [-0.2, -0.15) is 0 Å². The molecule has 1 aliphatic rings. The summed E-state index contributed by atoms with van der Waals surface area (Å²) in [6, 6.07) is 9.05. The number of benzene rings is 1. The Morgan fingerprint density at radius 3 is 2.25 bits per heavy atom. The summed E-state index contributed by atoms with van der Waals surface area (Å²) in [5, 5.41) is 46.1. The average molecular weight is 670 g/mol. The molecule has 48 heavy (non-hydrogen) atoms. The number of rotatable bonds is 17. The van der Waals surface area contributed by atoms with Gasteiger partial charge in [0.2, 0.25) is 0 Å². The molecular weight excluding hydrogens is 610 g/mol. The normalized spacial score (nSPS) is 26.1. The van der Waals surface area contributed by atoms with Crippen molar-refractivity contribution in [3.63, 3.8) is 0 Å². The van der Waals surface area contributed by atoms with Gasteiger partial charge in [-0.3, -0.25) is 10.1 Å². The highest BCUT2D eigenvalue weighted by molar-refractivity contribution is 5.84. The standard InChI is InChI=1S/C39H59NO8/c1-10-11-15-25(4)37(48-39(46)40-31-16-13-12-14-17-31)29(8)35(43)27(6)21-23(2)20-26(5)34(42)24(3)18-19-32(41)22-33-28(7)36(44)30(9)38(45)47-33/h10-20,24-30,32-37,41-44H,1,21-22H2,2-9H3,(H,40,46)/b15-11-,19-18-,23-20-/t24?,25-,26-,27-,28-,29-,30+,32+,33?,34-,35+,36-,37-/m0/s1. The van der Waals surface area contributed by atoms with Crippen LogP contribution in [0.15, 0.2) is 78.9 Å². The van der Waals surface area contributed by atoms with Crippen LogP contribution in [0.4, 0.5) is 10.5 Å². The number of cyclic esters (lactones) is 1. The molecule has 0 radical (unpaired) electrons. The summed E-state index contributed by atoms with van der Waals surface area (Å²) in [6.07, 6.45) is 6.46. The number of para-hydroxylation sites is 1. The number of hydrogen-bond donors (Lipinski definition) is 5. The van der Waals surface area contributed by atoms with E-state index in [1.807, 2.05) is 71.9 Å². The van der Waals surface area contributed by atoms with E-state index in [-0.39, 0.29) is 41.9 Å². The Balaban J connectivity index is 1.99. The molecule has 1 aromatic carbocycles. The van der Waals surface area contributed by atoms with Crippen LogP contribution in [0.25, 0.3) is 0 Å². The monoisotopic (exact) mass is 669 g/mol. The Kier molecular flexibility index (Phi) is 16.8. The Bertz CT molecular complexity index is 1250. The summed E-state index contributed by atoms with van der Waals surface area (Å²) in [5.74, 6) is -2.56. The fraction of sp³-hybridized carbons (Fsp3) is 0.590. The lowest BCUT2D eigenvalue weighted by molar-refractivity contribution is -0.179. The second-order valence-corrected chi connectivity index (χ2v) is 13.9. The maximum atomic E-state index is 12.8. The van der Waals surface area contributed by atoms with E-state index in [0.717, 1.165) is 5.57 Å². The Morgan fingerprint density at radius 2 is 1.62 bits per heavy atom. The molecule has 0 aliphatic carbocycles. The van der Waals surface area contributed by atoms with Crippen molar-refractivity contribution < 1.29 is 39.5 Å². The van der Waals surface area contributed by atoms with Crippen molar-refractivity contribution in [1.82, 2.24) is 0 Å². The number of aliphatic hydroxyl groups is 4. The highest BCUT2D eigenvalue weighted by Crippen LogP contribution is 2.31. The number of anilines is 1. The van der Waals surface area contributed by atoms with Crippen molar-refractivity contribution >= 4 is 17.7 Å². The maximum absolute atomic E-state index is 12.8. The molecule has 1 fully saturated rings. The zero-order chi connectivity index (χ0) is 36.1. The third kappa shape index (κ3) is 12.3. The van der Waals surface area contributed by atoms with Gasteiger partial charge in [0.1, 0.15) is 12.2 Å². The molecule has 2 rings (SSSR count). The summed E-state index contributed by atoms with van der Waals surface area (Å²) in [7, 11) is 0. The lowest BCUT2D eigenvalue weighted by Crippen LogP contribution is -2.47. The Morgan fingerprint density at radius 1 is 0.979 bits per heavy atom. The second kappa shape index (κ2) is 19.7. The largest absolute Gasteiger partial charge is 0.462 e. The van der Waals surface area contributed by atoms with Gasteiger partial charge in [0, 0.05) is 41.7 Å². The number of ether oxygens (including phenoxy) is 2. The molecule has 1 saturated heterocycles. The quantitative estimate of drug-likeness (QED) is 0.0723. The van der Waals surface area contributed by atoms with Crippen LogP contribution in [0.5, 0.6) is 0 Å². The number of amides is 1. The smallest absolute Gasteiger partial charge is 0.411 e. The first-order valence-electron chi connectivity index (χ1n) is 17.2. The van der Waals surface area contributed by atoms with Crippen molar-refractivity contribution in [1.29, 1.82) is 0 Å². The fourth-order valence-electron chi connectivity index (χ4n) is 6.46. The lowest BCUT2D eigenvalue weighted by atomic mass is 9.81. The highest BCUT2D eigenvalue weighted by atomic mass is 16.6. The van der Waals surface area contributed by atoms with Gasteiger partial charge in [-0.05, 0) is 38.3 Å². The number of aliphatic hydroxyl groups excluding tert-OH is 4. The molecule has 1 aromatic rings. The van der Waals surface area contributed by atoms with Crippen molar-refractivity contribution in [3.8, 4) is 0 Å². The Hall–Kier alpha value is -3.24. The van der Waals surface area contributed by atoms with E-state index in [2.05, 4.69) is 11.9 Å². The van der Waals surface area contributed by atoms with E-state index in [1.165, 1.54) is 0 Å². The molecule has 1 aliphatic heterocycles. The number of carbonyl (C=O) groups excluding carboxylic acids is 2. The van der Waals surface area contributed by atoms with Crippen LogP contribution in [0.2, 0.25) is 0 Å². The van der Waals surface area contributed by atoms with Crippen LogP contribution >= 0.6 is 0 Å². The first-order valence-corrected chi connectivity index (χ1v) is 17.2. The molecule has 1 amide bonds. The highest BCUT2D eigenvalue weighted by Gasteiger charge is 2.41. The van der Waals surface area contributed by atoms with E-state index >= 15 is 0 Å². The van der Waals surface area contributed by atoms with Crippen molar-refractivity contribution in [3.05, 3.63) is 78.9 Å². The van der Waals surface area contributed by atoms with Gasteiger partial charge in [-0.25, -0.2) is 4.79 Å². The van der Waals surface area contributed by atoms with Gasteiger partial charge in [0.25, 0.3) is 0 Å².